The van der Waals surface area contributed by atoms with Crippen LogP contribution in [0.2, 0.25) is 10.0 Å². The molecule has 0 fully saturated rings. The van der Waals surface area contributed by atoms with Gasteiger partial charge in [-0.1, -0.05) is 29.3 Å². The lowest BCUT2D eigenvalue weighted by Crippen LogP contribution is -1.93. The topological polar surface area (TPSA) is 33.1 Å². The zero-order valence-corrected chi connectivity index (χ0v) is 10.1. The minimum absolute atomic E-state index is 0.181. The fourth-order valence-electron chi connectivity index (χ4n) is 1.42. The van der Waals surface area contributed by atoms with E-state index in [0.29, 0.717) is 21.2 Å². The Balaban J connectivity index is 2.49. The van der Waals surface area contributed by atoms with Crippen LogP contribution in [0.1, 0.15) is 5.56 Å². The number of nitrogens with zero attached hydrogens (tertiary/aromatic N) is 1. The summed E-state index contributed by atoms with van der Waals surface area (Å²) >= 11 is 11.6. The number of aliphatic hydroxyl groups is 1. The van der Waals surface area contributed by atoms with Crippen molar-refractivity contribution in [3.8, 4) is 11.3 Å². The van der Waals surface area contributed by atoms with E-state index in [1.54, 1.807) is 18.2 Å². The monoisotopic (exact) mass is 271 g/mol. The average molecular weight is 272 g/mol. The average Bonchev–Trinajstić information content (AvgIpc) is 2.32. The molecular weight excluding hydrogens is 264 g/mol. The van der Waals surface area contributed by atoms with Gasteiger partial charge in [-0.15, -0.1) is 0 Å². The van der Waals surface area contributed by atoms with Crippen molar-refractivity contribution in [3.05, 3.63) is 51.9 Å². The van der Waals surface area contributed by atoms with Gasteiger partial charge in [0.25, 0.3) is 0 Å². The third kappa shape index (κ3) is 2.57. The lowest BCUT2D eigenvalue weighted by Gasteiger charge is -2.05. The smallest absolute Gasteiger partial charge is 0.149 e. The highest BCUT2D eigenvalue weighted by molar-refractivity contribution is 6.42. The predicted molar refractivity (Wildman–Crippen MR) is 65.6 cm³/mol. The fourth-order valence-corrected chi connectivity index (χ4v) is 1.72. The molecule has 0 aliphatic rings. The number of hydrogen-bond acceptors (Lipinski definition) is 2. The molecule has 5 heteroatoms. The second kappa shape index (κ2) is 5.00. The number of halogens is 3. The summed E-state index contributed by atoms with van der Waals surface area (Å²) < 4.78 is 13.7. The normalized spacial score (nSPS) is 10.6. The van der Waals surface area contributed by atoms with Crippen molar-refractivity contribution in [1.82, 2.24) is 4.98 Å². The van der Waals surface area contributed by atoms with E-state index in [9.17, 15) is 4.39 Å². The van der Waals surface area contributed by atoms with E-state index in [-0.39, 0.29) is 12.3 Å². The molecule has 1 heterocycles. The molecule has 0 saturated carbocycles. The Labute approximate surface area is 108 Å². The van der Waals surface area contributed by atoms with E-state index in [2.05, 4.69) is 4.98 Å². The summed E-state index contributed by atoms with van der Waals surface area (Å²) in [6.45, 7) is -0.244. The molecule has 0 unspecified atom stereocenters. The summed E-state index contributed by atoms with van der Waals surface area (Å²) in [5.74, 6) is -0.505. The number of aromatic nitrogens is 1. The van der Waals surface area contributed by atoms with Crippen LogP contribution in [0.5, 0.6) is 0 Å². The Morgan fingerprint density at radius 2 is 1.94 bits per heavy atom. The highest BCUT2D eigenvalue weighted by Crippen LogP contribution is 2.28. The maximum Gasteiger partial charge on any atom is 0.149 e. The summed E-state index contributed by atoms with van der Waals surface area (Å²) in [4.78, 5) is 3.95. The van der Waals surface area contributed by atoms with Crippen molar-refractivity contribution in [1.29, 1.82) is 0 Å². The van der Waals surface area contributed by atoms with Crippen LogP contribution in [0.4, 0.5) is 4.39 Å². The molecular formula is C12H8Cl2FNO. The molecule has 0 atom stereocenters. The highest BCUT2D eigenvalue weighted by Gasteiger charge is 2.09. The summed E-state index contributed by atoms with van der Waals surface area (Å²) in [5, 5.41) is 9.61. The molecule has 0 spiro atoms. The highest BCUT2D eigenvalue weighted by atomic mass is 35.5. The molecule has 2 nitrogen and oxygen atoms in total. The molecule has 1 N–H and O–H groups in total. The molecule has 2 rings (SSSR count). The number of rotatable bonds is 2. The molecule has 1 aromatic heterocycles. The van der Waals surface area contributed by atoms with Gasteiger partial charge in [0.05, 0.1) is 16.7 Å². The van der Waals surface area contributed by atoms with Gasteiger partial charge in [0.1, 0.15) is 11.5 Å². The van der Waals surface area contributed by atoms with Crippen LogP contribution >= 0.6 is 23.2 Å². The van der Waals surface area contributed by atoms with Crippen LogP contribution in [0, 0.1) is 5.82 Å². The first-order valence-electron chi connectivity index (χ1n) is 4.82. The molecule has 0 bridgehead atoms. The molecule has 17 heavy (non-hydrogen) atoms. The molecule has 0 amide bonds. The zero-order valence-electron chi connectivity index (χ0n) is 8.62. The van der Waals surface area contributed by atoms with Crippen molar-refractivity contribution in [2.45, 2.75) is 6.61 Å². The van der Waals surface area contributed by atoms with Crippen molar-refractivity contribution in [3.63, 3.8) is 0 Å². The lowest BCUT2D eigenvalue weighted by atomic mass is 10.1. The van der Waals surface area contributed by atoms with Crippen LogP contribution < -0.4 is 0 Å². The Bertz CT molecular complexity index is 560. The van der Waals surface area contributed by atoms with E-state index in [1.807, 2.05) is 0 Å². The maximum atomic E-state index is 13.7. The summed E-state index contributed by atoms with van der Waals surface area (Å²) in [5.41, 5.74) is 1.15. The molecule has 0 saturated heterocycles. The van der Waals surface area contributed by atoms with Crippen molar-refractivity contribution < 1.29 is 9.50 Å². The fraction of sp³-hybridized carbons (Fsp3) is 0.0833. The quantitative estimate of drug-likeness (QED) is 0.904. The predicted octanol–water partition coefficient (Wildman–Crippen LogP) is 3.69. The van der Waals surface area contributed by atoms with Crippen LogP contribution in [-0.4, -0.2) is 10.1 Å². The van der Waals surface area contributed by atoms with Crippen molar-refractivity contribution in [2.75, 3.05) is 0 Å². The van der Waals surface area contributed by atoms with E-state index in [0.717, 1.165) is 0 Å². The van der Waals surface area contributed by atoms with Crippen LogP contribution in [-0.2, 0) is 6.61 Å². The second-order valence-corrected chi connectivity index (χ2v) is 4.28. The third-order valence-corrected chi connectivity index (χ3v) is 3.01. The van der Waals surface area contributed by atoms with Crippen molar-refractivity contribution >= 4 is 23.2 Å². The van der Waals surface area contributed by atoms with Gasteiger partial charge in [0.15, 0.2) is 0 Å². The van der Waals surface area contributed by atoms with Gasteiger partial charge >= 0.3 is 0 Å². The molecule has 0 radical (unpaired) electrons. The van der Waals surface area contributed by atoms with Crippen LogP contribution in [0.3, 0.4) is 0 Å². The zero-order chi connectivity index (χ0) is 12.4. The molecule has 0 aliphatic carbocycles. The summed E-state index contributed by atoms with van der Waals surface area (Å²) in [6.07, 6.45) is 1.42. The van der Waals surface area contributed by atoms with E-state index >= 15 is 0 Å². The van der Waals surface area contributed by atoms with E-state index < -0.39 is 5.82 Å². The van der Waals surface area contributed by atoms with Gasteiger partial charge in [-0.3, -0.25) is 4.98 Å². The van der Waals surface area contributed by atoms with E-state index in [1.165, 1.54) is 12.3 Å². The van der Waals surface area contributed by atoms with Gasteiger partial charge in [0, 0.05) is 11.8 Å². The summed E-state index contributed by atoms with van der Waals surface area (Å²) in [6, 6.07) is 6.01. The minimum atomic E-state index is -0.505. The number of hydrogen-bond donors (Lipinski definition) is 1. The maximum absolute atomic E-state index is 13.7. The molecule has 88 valence electrons. The number of benzene rings is 1. The van der Waals surface area contributed by atoms with Gasteiger partial charge in [0.2, 0.25) is 0 Å². The standard InChI is InChI=1S/C12H8Cl2FNO/c13-9-2-1-8(4-10(9)14)12-11(15)3-7(6-17)5-16-12/h1-5,17H,6H2. The van der Waals surface area contributed by atoms with Gasteiger partial charge in [-0.2, -0.15) is 0 Å². The Morgan fingerprint density at radius 1 is 1.18 bits per heavy atom. The third-order valence-electron chi connectivity index (χ3n) is 2.27. The Hall–Kier alpha value is -1.16. The van der Waals surface area contributed by atoms with Gasteiger partial charge in [-0.05, 0) is 23.8 Å². The van der Waals surface area contributed by atoms with Crippen LogP contribution in [0.25, 0.3) is 11.3 Å². The Morgan fingerprint density at radius 3 is 2.53 bits per heavy atom. The van der Waals surface area contributed by atoms with Gasteiger partial charge in [-0.25, -0.2) is 4.39 Å². The Kier molecular flexibility index (Phi) is 3.62. The summed E-state index contributed by atoms with van der Waals surface area (Å²) in [7, 11) is 0. The second-order valence-electron chi connectivity index (χ2n) is 3.46. The molecule has 0 aliphatic heterocycles. The van der Waals surface area contributed by atoms with E-state index in [4.69, 9.17) is 28.3 Å². The van der Waals surface area contributed by atoms with Gasteiger partial charge < -0.3 is 5.11 Å². The number of pyridine rings is 1. The first-order valence-corrected chi connectivity index (χ1v) is 5.58. The minimum Gasteiger partial charge on any atom is -0.392 e. The SMILES string of the molecule is OCc1cnc(-c2ccc(Cl)c(Cl)c2)c(F)c1. The number of aliphatic hydroxyl groups excluding tert-OH is 1. The van der Waals surface area contributed by atoms with Crippen LogP contribution in [0.15, 0.2) is 30.5 Å². The first kappa shape index (κ1) is 12.3. The molecule has 1 aromatic carbocycles. The largest absolute Gasteiger partial charge is 0.392 e. The first-order chi connectivity index (χ1) is 8.11. The molecule has 2 aromatic rings. The van der Waals surface area contributed by atoms with Crippen molar-refractivity contribution in [2.24, 2.45) is 0 Å². The lowest BCUT2D eigenvalue weighted by molar-refractivity contribution is 0.280.